The SMILES string of the molecule is B[PH](C=C)(C=C)c1ccccc1. The van der Waals surface area contributed by atoms with Crippen LogP contribution in [0, 0.1) is 0 Å². The average Bonchev–Trinajstić information content (AvgIpc) is 2.18. The molecule has 1 aromatic carbocycles. The first kappa shape index (κ1) is 9.28. The minimum atomic E-state index is -1.55. The Labute approximate surface area is 75.7 Å². The molecule has 0 heterocycles. The molecular weight excluding hydrogens is 162 g/mol. The minimum absolute atomic E-state index is 1.37. The van der Waals surface area contributed by atoms with E-state index in [0.717, 1.165) is 0 Å². The monoisotopic (exact) mass is 176 g/mol. The van der Waals surface area contributed by atoms with Crippen LogP contribution >= 0.6 is 7.14 Å². The van der Waals surface area contributed by atoms with E-state index in [-0.39, 0.29) is 0 Å². The van der Waals surface area contributed by atoms with Gasteiger partial charge in [-0.1, -0.05) is 0 Å². The van der Waals surface area contributed by atoms with E-state index in [2.05, 4.69) is 56.6 Å². The summed E-state index contributed by atoms with van der Waals surface area (Å²) in [4.78, 5) is 0. The second kappa shape index (κ2) is 3.73. The third-order valence-electron chi connectivity index (χ3n) is 2.24. The summed E-state index contributed by atoms with van der Waals surface area (Å²) < 4.78 is 0. The molecule has 1 rings (SSSR count). The summed E-state index contributed by atoms with van der Waals surface area (Å²) in [6.45, 7) is 7.74. The first-order valence-electron chi connectivity index (χ1n) is 4.05. The van der Waals surface area contributed by atoms with E-state index in [1.54, 1.807) is 0 Å². The van der Waals surface area contributed by atoms with Crippen LogP contribution in [-0.4, -0.2) is 7.57 Å². The number of benzene rings is 1. The van der Waals surface area contributed by atoms with Crippen molar-refractivity contribution in [1.82, 2.24) is 0 Å². The Morgan fingerprint density at radius 1 is 1.08 bits per heavy atom. The van der Waals surface area contributed by atoms with Crippen LogP contribution in [0.25, 0.3) is 0 Å². The van der Waals surface area contributed by atoms with E-state index >= 15 is 0 Å². The summed E-state index contributed by atoms with van der Waals surface area (Å²) in [5.74, 6) is 4.10. The van der Waals surface area contributed by atoms with E-state index in [1.165, 1.54) is 5.30 Å². The summed E-state index contributed by atoms with van der Waals surface area (Å²) in [5, 5.41) is 1.37. The molecule has 0 spiro atoms. The zero-order chi connectivity index (χ0) is 9.03. The molecular formula is C10H14BP. The van der Waals surface area contributed by atoms with Crippen LogP contribution in [0.5, 0.6) is 0 Å². The van der Waals surface area contributed by atoms with E-state index in [1.807, 2.05) is 6.07 Å². The van der Waals surface area contributed by atoms with Gasteiger partial charge in [0.05, 0.1) is 0 Å². The molecule has 0 atom stereocenters. The van der Waals surface area contributed by atoms with E-state index in [9.17, 15) is 0 Å². The van der Waals surface area contributed by atoms with Crippen LogP contribution in [-0.2, 0) is 0 Å². The number of hydrogen-bond acceptors (Lipinski definition) is 0. The van der Waals surface area contributed by atoms with Crippen molar-refractivity contribution < 1.29 is 0 Å². The second-order valence-electron chi connectivity index (χ2n) is 3.06. The number of hydrogen-bond donors (Lipinski definition) is 0. The van der Waals surface area contributed by atoms with Gasteiger partial charge in [-0.2, -0.15) is 0 Å². The summed E-state index contributed by atoms with van der Waals surface area (Å²) >= 11 is 0. The predicted molar refractivity (Wildman–Crippen MR) is 63.3 cm³/mol. The molecule has 0 saturated carbocycles. The van der Waals surface area contributed by atoms with Crippen LogP contribution in [0.3, 0.4) is 0 Å². The maximum atomic E-state index is 3.87. The molecule has 62 valence electrons. The van der Waals surface area contributed by atoms with Gasteiger partial charge in [0.1, 0.15) is 0 Å². The Balaban J connectivity index is 3.11. The Morgan fingerprint density at radius 2 is 1.58 bits per heavy atom. The van der Waals surface area contributed by atoms with Gasteiger partial charge in [0, 0.05) is 0 Å². The maximum absolute atomic E-state index is 3.87. The fraction of sp³-hybridized carbons (Fsp3) is 0. The molecule has 0 N–H and O–H groups in total. The Kier molecular flexibility index (Phi) is 2.89. The van der Waals surface area contributed by atoms with Crippen molar-refractivity contribution >= 4 is 20.0 Å². The Hall–Kier alpha value is -0.805. The van der Waals surface area contributed by atoms with Crippen molar-refractivity contribution in [3.05, 3.63) is 55.1 Å². The summed E-state index contributed by atoms with van der Waals surface area (Å²) in [6, 6.07) is 10.5. The van der Waals surface area contributed by atoms with Gasteiger partial charge in [-0.25, -0.2) is 0 Å². The van der Waals surface area contributed by atoms with Crippen LogP contribution < -0.4 is 5.30 Å². The second-order valence-corrected chi connectivity index (χ2v) is 7.02. The molecule has 0 bridgehead atoms. The molecule has 0 aliphatic rings. The van der Waals surface area contributed by atoms with E-state index < -0.39 is 7.14 Å². The molecule has 0 radical (unpaired) electrons. The van der Waals surface area contributed by atoms with Gasteiger partial charge in [-0.3, -0.25) is 0 Å². The Morgan fingerprint density at radius 3 is 2.00 bits per heavy atom. The summed E-state index contributed by atoms with van der Waals surface area (Å²) in [7, 11) is 0.693. The zero-order valence-electron chi connectivity index (χ0n) is 7.46. The van der Waals surface area contributed by atoms with E-state index in [0.29, 0.717) is 0 Å². The van der Waals surface area contributed by atoms with Gasteiger partial charge in [-0.15, -0.1) is 0 Å². The van der Waals surface area contributed by atoms with Crippen LogP contribution in [0.4, 0.5) is 0 Å². The standard InChI is InChI=1S/C10H14BP/c1-3-12(11,4-2)10-8-6-5-7-9-10/h3-9,12H,1-2,11H2. The van der Waals surface area contributed by atoms with Gasteiger partial charge in [0.25, 0.3) is 0 Å². The molecule has 0 unspecified atom stereocenters. The first-order chi connectivity index (χ1) is 5.73. The molecule has 0 fully saturated rings. The molecule has 1 aromatic rings. The zero-order valence-corrected chi connectivity index (χ0v) is 8.46. The third-order valence-corrected chi connectivity index (χ3v) is 5.52. The van der Waals surface area contributed by atoms with Gasteiger partial charge in [0.2, 0.25) is 0 Å². The predicted octanol–water partition coefficient (Wildman–Crippen LogP) is 1.90. The molecule has 0 saturated heterocycles. The fourth-order valence-electron chi connectivity index (χ4n) is 1.12. The molecule has 0 amide bonds. The molecule has 2 heteroatoms. The fourth-order valence-corrected chi connectivity index (χ4v) is 2.67. The third kappa shape index (κ3) is 1.68. The molecule has 0 nitrogen and oxygen atoms in total. The topological polar surface area (TPSA) is 0 Å². The van der Waals surface area contributed by atoms with Gasteiger partial charge in [-0.05, 0) is 0 Å². The van der Waals surface area contributed by atoms with Crippen LogP contribution in [0.1, 0.15) is 0 Å². The quantitative estimate of drug-likeness (QED) is 0.487. The summed E-state index contributed by atoms with van der Waals surface area (Å²) in [5.41, 5.74) is 0. The van der Waals surface area contributed by atoms with Gasteiger partial charge < -0.3 is 0 Å². The van der Waals surface area contributed by atoms with Crippen molar-refractivity contribution in [1.29, 1.82) is 0 Å². The van der Waals surface area contributed by atoms with Crippen molar-refractivity contribution in [2.45, 2.75) is 0 Å². The molecule has 12 heavy (non-hydrogen) atoms. The van der Waals surface area contributed by atoms with Gasteiger partial charge >= 0.3 is 75.1 Å². The molecule has 0 aliphatic carbocycles. The van der Waals surface area contributed by atoms with Crippen molar-refractivity contribution in [3.8, 4) is 0 Å². The van der Waals surface area contributed by atoms with E-state index in [4.69, 9.17) is 0 Å². The van der Waals surface area contributed by atoms with Crippen molar-refractivity contribution in [2.24, 2.45) is 0 Å². The Bertz CT molecular complexity index is 271. The first-order valence-corrected chi connectivity index (χ1v) is 6.71. The van der Waals surface area contributed by atoms with Crippen molar-refractivity contribution in [2.75, 3.05) is 0 Å². The van der Waals surface area contributed by atoms with Crippen LogP contribution in [0.15, 0.2) is 55.1 Å². The molecule has 0 aliphatic heterocycles. The average molecular weight is 176 g/mol. The van der Waals surface area contributed by atoms with Crippen LogP contribution in [0.2, 0.25) is 0 Å². The summed E-state index contributed by atoms with van der Waals surface area (Å²) in [6.07, 6.45) is 0. The normalized spacial score (nSPS) is 12.0. The van der Waals surface area contributed by atoms with Gasteiger partial charge in [0.15, 0.2) is 0 Å². The van der Waals surface area contributed by atoms with Crippen molar-refractivity contribution in [3.63, 3.8) is 0 Å². The number of rotatable bonds is 3. The molecule has 0 aromatic heterocycles.